The topological polar surface area (TPSA) is 57.2 Å². The van der Waals surface area contributed by atoms with Crippen LogP contribution < -0.4 is 9.47 Å². The summed E-state index contributed by atoms with van der Waals surface area (Å²) < 4.78 is 22.4. The Morgan fingerprint density at radius 2 is 1.61 bits per heavy atom. The third kappa shape index (κ3) is 6.97. The second-order valence-electron chi connectivity index (χ2n) is 8.75. The molecule has 1 aliphatic heterocycles. The second-order valence-corrected chi connectivity index (χ2v) is 8.75. The fraction of sp³-hybridized carbons (Fsp3) is 0.480. The highest BCUT2D eigenvalue weighted by Crippen LogP contribution is 2.24. The van der Waals surface area contributed by atoms with E-state index in [9.17, 15) is 4.79 Å². The van der Waals surface area contributed by atoms with Gasteiger partial charge in [0.05, 0.1) is 25.9 Å². The van der Waals surface area contributed by atoms with Gasteiger partial charge >= 0.3 is 5.97 Å². The van der Waals surface area contributed by atoms with E-state index < -0.39 is 6.10 Å². The minimum atomic E-state index is -0.394. The van der Waals surface area contributed by atoms with Crippen molar-refractivity contribution in [3.05, 3.63) is 59.7 Å². The van der Waals surface area contributed by atoms with E-state index in [0.29, 0.717) is 31.1 Å². The number of benzene rings is 2. The van der Waals surface area contributed by atoms with Crippen LogP contribution in [0.3, 0.4) is 0 Å². The van der Waals surface area contributed by atoms with Gasteiger partial charge in [-0.3, -0.25) is 4.90 Å². The average molecular weight is 428 g/mol. The maximum absolute atomic E-state index is 12.7. The van der Waals surface area contributed by atoms with Crippen LogP contribution in [0.4, 0.5) is 0 Å². The number of morpholine rings is 1. The lowest BCUT2D eigenvalue weighted by Crippen LogP contribution is -2.44. The van der Waals surface area contributed by atoms with E-state index in [1.54, 1.807) is 31.4 Å². The largest absolute Gasteiger partial charge is 0.497 e. The van der Waals surface area contributed by atoms with Crippen LogP contribution in [-0.2, 0) is 14.9 Å². The van der Waals surface area contributed by atoms with Crippen molar-refractivity contribution in [1.29, 1.82) is 0 Å². The summed E-state index contributed by atoms with van der Waals surface area (Å²) in [4.78, 5) is 14.9. The van der Waals surface area contributed by atoms with Gasteiger partial charge < -0.3 is 18.9 Å². The van der Waals surface area contributed by atoms with Crippen LogP contribution in [0.15, 0.2) is 48.5 Å². The minimum Gasteiger partial charge on any atom is -0.497 e. The molecule has 6 nitrogen and oxygen atoms in total. The molecule has 1 saturated heterocycles. The Labute approximate surface area is 185 Å². The third-order valence-electron chi connectivity index (χ3n) is 5.32. The van der Waals surface area contributed by atoms with E-state index in [2.05, 4.69) is 37.8 Å². The molecule has 0 aliphatic carbocycles. The van der Waals surface area contributed by atoms with Crippen LogP contribution in [-0.4, -0.2) is 63.5 Å². The molecule has 6 heteroatoms. The first-order valence-electron chi connectivity index (χ1n) is 10.7. The lowest BCUT2D eigenvalue weighted by Gasteiger charge is -2.30. The molecule has 2 aromatic carbocycles. The van der Waals surface area contributed by atoms with Crippen LogP contribution >= 0.6 is 0 Å². The Morgan fingerprint density at radius 3 is 2.19 bits per heavy atom. The summed E-state index contributed by atoms with van der Waals surface area (Å²) in [6.07, 6.45) is -0.394. The molecular formula is C25H33NO5. The lowest BCUT2D eigenvalue weighted by molar-refractivity contribution is -0.0153. The Kier molecular flexibility index (Phi) is 7.93. The highest BCUT2D eigenvalue weighted by Gasteiger charge is 2.22. The molecule has 31 heavy (non-hydrogen) atoms. The van der Waals surface area contributed by atoms with Gasteiger partial charge in [-0.1, -0.05) is 32.9 Å². The van der Waals surface area contributed by atoms with E-state index in [1.165, 1.54) is 5.56 Å². The fourth-order valence-electron chi connectivity index (χ4n) is 3.38. The highest BCUT2D eigenvalue weighted by molar-refractivity contribution is 5.89. The molecule has 0 bridgehead atoms. The van der Waals surface area contributed by atoms with Gasteiger partial charge in [-0.05, 0) is 47.4 Å². The quantitative estimate of drug-likeness (QED) is 0.595. The number of carbonyl (C=O) groups excluding carboxylic acids is 1. The van der Waals surface area contributed by atoms with E-state index in [-0.39, 0.29) is 18.0 Å². The molecule has 2 aromatic rings. The van der Waals surface area contributed by atoms with Gasteiger partial charge in [0.15, 0.2) is 0 Å². The van der Waals surface area contributed by atoms with E-state index in [1.807, 2.05) is 12.1 Å². The fourth-order valence-corrected chi connectivity index (χ4v) is 3.38. The number of hydrogen-bond acceptors (Lipinski definition) is 6. The predicted octanol–water partition coefficient (Wildman–Crippen LogP) is 3.93. The molecule has 1 aliphatic rings. The number of hydrogen-bond donors (Lipinski definition) is 0. The van der Waals surface area contributed by atoms with Crippen LogP contribution in [0.5, 0.6) is 11.5 Å². The maximum atomic E-state index is 12.7. The number of esters is 1. The van der Waals surface area contributed by atoms with Crippen molar-refractivity contribution in [1.82, 2.24) is 4.90 Å². The summed E-state index contributed by atoms with van der Waals surface area (Å²) in [7, 11) is 1.59. The summed E-state index contributed by atoms with van der Waals surface area (Å²) in [5, 5.41) is 0. The summed E-state index contributed by atoms with van der Waals surface area (Å²) in [5.41, 5.74) is 1.82. The molecule has 0 spiro atoms. The molecule has 1 unspecified atom stereocenters. The van der Waals surface area contributed by atoms with Crippen molar-refractivity contribution in [3.8, 4) is 11.5 Å². The van der Waals surface area contributed by atoms with Crippen LogP contribution in [0.2, 0.25) is 0 Å². The summed E-state index contributed by atoms with van der Waals surface area (Å²) in [5.74, 6) is 1.09. The third-order valence-corrected chi connectivity index (χ3v) is 5.32. The first-order valence-corrected chi connectivity index (χ1v) is 10.7. The summed E-state index contributed by atoms with van der Waals surface area (Å²) in [6, 6.07) is 15.0. The number of nitrogens with zero attached hydrogens (tertiary/aromatic N) is 1. The Bertz CT molecular complexity index is 820. The van der Waals surface area contributed by atoms with Gasteiger partial charge in [-0.15, -0.1) is 0 Å². The first-order chi connectivity index (χ1) is 14.8. The minimum absolute atomic E-state index is 0.0886. The van der Waals surface area contributed by atoms with Gasteiger partial charge in [0.2, 0.25) is 0 Å². The van der Waals surface area contributed by atoms with E-state index in [4.69, 9.17) is 18.9 Å². The normalized spacial score (nSPS) is 15.9. The van der Waals surface area contributed by atoms with Crippen LogP contribution in [0, 0.1) is 0 Å². The molecule has 0 radical (unpaired) electrons. The molecule has 1 heterocycles. The van der Waals surface area contributed by atoms with E-state index >= 15 is 0 Å². The number of carbonyl (C=O) groups is 1. The van der Waals surface area contributed by atoms with Gasteiger partial charge in [-0.2, -0.15) is 0 Å². The van der Waals surface area contributed by atoms with Gasteiger partial charge in [0.25, 0.3) is 0 Å². The molecule has 168 valence electrons. The second kappa shape index (κ2) is 10.6. The zero-order chi connectivity index (χ0) is 22.3. The molecule has 0 saturated carbocycles. The molecule has 1 fully saturated rings. The van der Waals surface area contributed by atoms with Crippen molar-refractivity contribution in [2.24, 2.45) is 0 Å². The van der Waals surface area contributed by atoms with Gasteiger partial charge in [-0.25, -0.2) is 4.79 Å². The average Bonchev–Trinajstić information content (AvgIpc) is 2.78. The number of methoxy groups -OCH3 is 1. The first kappa shape index (κ1) is 23.1. The SMILES string of the molecule is COc1ccc(C(=O)OC(COc2ccc(C(C)(C)C)cc2)CN2CCOCC2)cc1. The molecule has 0 aromatic heterocycles. The zero-order valence-corrected chi connectivity index (χ0v) is 18.9. The molecule has 0 amide bonds. The Morgan fingerprint density at radius 1 is 1.00 bits per heavy atom. The van der Waals surface area contributed by atoms with E-state index in [0.717, 1.165) is 18.8 Å². The standard InChI is InChI=1S/C25H33NO5/c1-25(2,3)20-7-11-22(12-8-20)30-18-23(17-26-13-15-29-16-14-26)31-24(27)19-5-9-21(28-4)10-6-19/h5-12,23H,13-18H2,1-4H3. The van der Waals surface area contributed by atoms with Crippen molar-refractivity contribution in [2.45, 2.75) is 32.3 Å². The van der Waals surface area contributed by atoms with Gasteiger partial charge in [0, 0.05) is 19.6 Å². The van der Waals surface area contributed by atoms with Crippen LogP contribution in [0.1, 0.15) is 36.7 Å². The summed E-state index contributed by atoms with van der Waals surface area (Å²) >= 11 is 0. The van der Waals surface area contributed by atoms with Crippen molar-refractivity contribution in [3.63, 3.8) is 0 Å². The lowest BCUT2D eigenvalue weighted by atomic mass is 9.87. The summed E-state index contributed by atoms with van der Waals surface area (Å²) in [6.45, 7) is 10.4. The molecule has 0 N–H and O–H groups in total. The molecular weight excluding hydrogens is 394 g/mol. The Balaban J connectivity index is 1.64. The van der Waals surface area contributed by atoms with Crippen molar-refractivity contribution in [2.75, 3.05) is 46.6 Å². The molecule has 3 rings (SSSR count). The van der Waals surface area contributed by atoms with Crippen LogP contribution in [0.25, 0.3) is 0 Å². The van der Waals surface area contributed by atoms with Crippen molar-refractivity contribution >= 4 is 5.97 Å². The Hall–Kier alpha value is -2.57. The van der Waals surface area contributed by atoms with Crippen molar-refractivity contribution < 1.29 is 23.7 Å². The predicted molar refractivity (Wildman–Crippen MR) is 120 cm³/mol. The highest BCUT2D eigenvalue weighted by atomic mass is 16.6. The smallest absolute Gasteiger partial charge is 0.338 e. The monoisotopic (exact) mass is 427 g/mol. The molecule has 1 atom stereocenters. The zero-order valence-electron chi connectivity index (χ0n) is 18.9. The maximum Gasteiger partial charge on any atom is 0.338 e. The number of ether oxygens (including phenoxy) is 4. The number of rotatable bonds is 8. The van der Waals surface area contributed by atoms with Gasteiger partial charge in [0.1, 0.15) is 24.2 Å².